The van der Waals surface area contributed by atoms with Gasteiger partial charge in [0.25, 0.3) is 0 Å². The highest BCUT2D eigenvalue weighted by Gasteiger charge is 2.24. The van der Waals surface area contributed by atoms with Crippen molar-refractivity contribution in [3.8, 4) is 5.75 Å². The normalized spacial score (nSPS) is 17.9. The van der Waals surface area contributed by atoms with Gasteiger partial charge in [-0.25, -0.2) is 0 Å². The van der Waals surface area contributed by atoms with Gasteiger partial charge in [0.15, 0.2) is 0 Å². The van der Waals surface area contributed by atoms with Crippen LogP contribution in [0.3, 0.4) is 0 Å². The summed E-state index contributed by atoms with van der Waals surface area (Å²) in [7, 11) is 0. The van der Waals surface area contributed by atoms with Crippen LogP contribution in [0.5, 0.6) is 5.75 Å². The van der Waals surface area contributed by atoms with Crippen LogP contribution in [-0.2, 0) is 19.4 Å². The van der Waals surface area contributed by atoms with Gasteiger partial charge in [-0.2, -0.15) is 0 Å². The Balaban J connectivity index is 1.76. The molecule has 20 heavy (non-hydrogen) atoms. The van der Waals surface area contributed by atoms with Crippen LogP contribution < -0.4 is 0 Å². The van der Waals surface area contributed by atoms with Crippen LogP contribution >= 0.6 is 11.8 Å². The summed E-state index contributed by atoms with van der Waals surface area (Å²) in [5, 5.41) is 19.0. The number of hydrogen-bond acceptors (Lipinski definition) is 4. The van der Waals surface area contributed by atoms with E-state index in [1.165, 1.54) is 0 Å². The molecule has 0 saturated carbocycles. The number of rotatable bonds is 4. The molecule has 5 heteroatoms. The maximum absolute atomic E-state index is 9.81. The first-order valence-corrected chi connectivity index (χ1v) is 8.15. The molecule has 1 atom stereocenters. The monoisotopic (exact) mass is 289 g/mol. The quantitative estimate of drug-likeness (QED) is 0.940. The number of thioether (sulfide) groups is 1. The predicted molar refractivity (Wildman–Crippen MR) is 81.0 cm³/mol. The number of nitrogens with zero attached hydrogens (tertiary/aromatic N) is 3. The van der Waals surface area contributed by atoms with E-state index in [2.05, 4.69) is 21.7 Å². The van der Waals surface area contributed by atoms with Gasteiger partial charge in [-0.05, 0) is 24.5 Å². The molecular weight excluding hydrogens is 270 g/mol. The van der Waals surface area contributed by atoms with Crippen molar-refractivity contribution in [1.29, 1.82) is 0 Å². The molecular formula is C15H19N3OS. The van der Waals surface area contributed by atoms with Gasteiger partial charge < -0.3 is 9.67 Å². The number of fused-ring (bicyclic) bond motifs is 1. The lowest BCUT2D eigenvalue weighted by Crippen LogP contribution is -2.17. The molecule has 0 spiro atoms. The summed E-state index contributed by atoms with van der Waals surface area (Å²) in [5.74, 6) is 3.67. The topological polar surface area (TPSA) is 50.9 Å². The van der Waals surface area contributed by atoms with E-state index in [0.29, 0.717) is 11.0 Å². The number of para-hydroxylation sites is 1. The van der Waals surface area contributed by atoms with Crippen molar-refractivity contribution in [2.24, 2.45) is 0 Å². The Morgan fingerprint density at radius 2 is 2.15 bits per heavy atom. The van der Waals surface area contributed by atoms with Gasteiger partial charge in [0.2, 0.25) is 0 Å². The van der Waals surface area contributed by atoms with Gasteiger partial charge in [0.05, 0.1) is 5.25 Å². The van der Waals surface area contributed by atoms with Crippen LogP contribution in [0.1, 0.15) is 35.8 Å². The van der Waals surface area contributed by atoms with Gasteiger partial charge in [-0.1, -0.05) is 25.1 Å². The lowest BCUT2D eigenvalue weighted by molar-refractivity contribution is 0.467. The maximum atomic E-state index is 9.81. The first-order valence-electron chi connectivity index (χ1n) is 7.10. The van der Waals surface area contributed by atoms with Gasteiger partial charge in [-0.15, -0.1) is 22.0 Å². The molecule has 1 aromatic carbocycles. The third-order valence-corrected chi connectivity index (χ3v) is 5.12. The molecule has 0 bridgehead atoms. The average Bonchev–Trinajstić information content (AvgIpc) is 2.89. The highest BCUT2D eigenvalue weighted by Crippen LogP contribution is 2.35. The molecule has 1 aliphatic rings. The third-order valence-electron chi connectivity index (χ3n) is 3.76. The lowest BCUT2D eigenvalue weighted by Gasteiger charge is -2.22. The molecule has 106 valence electrons. The summed E-state index contributed by atoms with van der Waals surface area (Å²) in [6.45, 7) is 3.20. The van der Waals surface area contributed by atoms with Crippen LogP contribution in [0, 0.1) is 0 Å². The van der Waals surface area contributed by atoms with Gasteiger partial charge in [0.1, 0.15) is 17.4 Å². The Kier molecular flexibility index (Phi) is 3.96. The number of aromatic nitrogens is 3. The van der Waals surface area contributed by atoms with E-state index in [1.54, 1.807) is 6.07 Å². The predicted octanol–water partition coefficient (Wildman–Crippen LogP) is 2.97. The molecule has 0 aliphatic carbocycles. The summed E-state index contributed by atoms with van der Waals surface area (Å²) in [5.41, 5.74) is 0.974. The Morgan fingerprint density at radius 3 is 2.95 bits per heavy atom. The van der Waals surface area contributed by atoms with Crippen LogP contribution in [0.2, 0.25) is 0 Å². The van der Waals surface area contributed by atoms with Crippen molar-refractivity contribution >= 4 is 11.8 Å². The number of phenols is 1. The second kappa shape index (κ2) is 5.87. The molecule has 0 amide bonds. The minimum Gasteiger partial charge on any atom is -0.508 e. The van der Waals surface area contributed by atoms with E-state index in [4.69, 9.17) is 0 Å². The molecule has 1 aliphatic heterocycles. The van der Waals surface area contributed by atoms with Gasteiger partial charge in [-0.3, -0.25) is 0 Å². The van der Waals surface area contributed by atoms with Crippen molar-refractivity contribution < 1.29 is 5.11 Å². The minimum absolute atomic E-state index is 0.368. The number of aromatic hydroxyl groups is 1. The molecule has 4 nitrogen and oxygen atoms in total. The van der Waals surface area contributed by atoms with E-state index in [1.807, 2.05) is 30.0 Å². The third kappa shape index (κ3) is 2.54. The molecule has 0 fully saturated rings. The summed E-state index contributed by atoms with van der Waals surface area (Å²) < 4.78 is 2.27. The van der Waals surface area contributed by atoms with E-state index >= 15 is 0 Å². The number of hydrogen-bond donors (Lipinski definition) is 1. The van der Waals surface area contributed by atoms with E-state index < -0.39 is 0 Å². The Labute approximate surface area is 123 Å². The Hall–Kier alpha value is -1.49. The fraction of sp³-hybridized carbons (Fsp3) is 0.467. The highest BCUT2D eigenvalue weighted by atomic mass is 32.2. The maximum Gasteiger partial charge on any atom is 0.146 e. The van der Waals surface area contributed by atoms with Gasteiger partial charge in [0, 0.05) is 18.7 Å². The van der Waals surface area contributed by atoms with E-state index in [-0.39, 0.29) is 0 Å². The fourth-order valence-electron chi connectivity index (χ4n) is 2.65. The number of phenolic OH excluding ortho intramolecular Hbond substituents is 1. The number of aryl methyl sites for hydroxylation is 2. The van der Waals surface area contributed by atoms with Crippen LogP contribution in [0.25, 0.3) is 0 Å². The zero-order valence-electron chi connectivity index (χ0n) is 11.6. The standard InChI is InChI=1S/C15H19N3OS/c1-2-13-15-17-16-14(18(15)9-10-20-13)8-7-11-5-3-4-6-12(11)19/h3-6,13,19H,2,7-10H2,1H3. The summed E-state index contributed by atoms with van der Waals surface area (Å²) in [6.07, 6.45) is 2.72. The van der Waals surface area contributed by atoms with Crippen molar-refractivity contribution in [2.45, 2.75) is 38.0 Å². The van der Waals surface area contributed by atoms with E-state index in [9.17, 15) is 5.11 Å². The second-order valence-corrected chi connectivity index (χ2v) is 6.33. The molecule has 2 aromatic rings. The zero-order chi connectivity index (χ0) is 13.9. The van der Waals surface area contributed by atoms with Crippen LogP contribution in [0.4, 0.5) is 0 Å². The molecule has 3 rings (SSSR count). The van der Waals surface area contributed by atoms with Crippen molar-refractivity contribution in [3.05, 3.63) is 41.5 Å². The first kappa shape index (κ1) is 13.5. The molecule has 0 radical (unpaired) electrons. The number of benzene rings is 1. The summed E-state index contributed by atoms with van der Waals surface area (Å²) in [4.78, 5) is 0. The molecule has 1 N–H and O–H groups in total. The fourth-order valence-corrected chi connectivity index (χ4v) is 3.78. The molecule has 1 aromatic heterocycles. The SMILES string of the molecule is CCC1SCCn2c(CCc3ccccc3O)nnc21. The van der Waals surface area contributed by atoms with Gasteiger partial charge >= 0.3 is 0 Å². The van der Waals surface area contributed by atoms with Crippen molar-refractivity contribution in [2.75, 3.05) is 5.75 Å². The largest absolute Gasteiger partial charge is 0.508 e. The molecule has 0 saturated heterocycles. The highest BCUT2D eigenvalue weighted by molar-refractivity contribution is 7.99. The minimum atomic E-state index is 0.368. The second-order valence-electron chi connectivity index (χ2n) is 5.02. The average molecular weight is 289 g/mol. The van der Waals surface area contributed by atoms with E-state index in [0.717, 1.165) is 48.8 Å². The zero-order valence-corrected chi connectivity index (χ0v) is 12.4. The lowest BCUT2D eigenvalue weighted by atomic mass is 10.1. The van der Waals surface area contributed by atoms with Crippen molar-refractivity contribution in [3.63, 3.8) is 0 Å². The summed E-state index contributed by atoms with van der Waals surface area (Å²) >= 11 is 1.97. The Bertz CT molecular complexity index is 597. The Morgan fingerprint density at radius 1 is 1.30 bits per heavy atom. The summed E-state index contributed by atoms with van der Waals surface area (Å²) in [6, 6.07) is 7.50. The first-order chi connectivity index (χ1) is 9.79. The molecule has 1 unspecified atom stereocenters. The van der Waals surface area contributed by atoms with Crippen LogP contribution in [0.15, 0.2) is 24.3 Å². The molecule has 2 heterocycles. The van der Waals surface area contributed by atoms with Crippen molar-refractivity contribution in [1.82, 2.24) is 14.8 Å². The smallest absolute Gasteiger partial charge is 0.146 e. The van der Waals surface area contributed by atoms with Crippen LogP contribution in [-0.4, -0.2) is 25.6 Å².